The van der Waals surface area contributed by atoms with Gasteiger partial charge in [-0.2, -0.15) is 0 Å². The van der Waals surface area contributed by atoms with Crippen LogP contribution in [0.4, 0.5) is 0 Å². The molecule has 0 amide bonds. The minimum Gasteiger partial charge on any atom is -0.313 e. The lowest BCUT2D eigenvalue weighted by Crippen LogP contribution is -2.37. The molecule has 98 valence electrons. The van der Waals surface area contributed by atoms with Crippen LogP contribution in [0.1, 0.15) is 40.0 Å². The fraction of sp³-hybridized carbons (Fsp3) is 0.833. The van der Waals surface area contributed by atoms with Crippen LogP contribution < -0.4 is 5.32 Å². The third kappa shape index (κ3) is 4.32. The molecule has 0 aliphatic carbocycles. The average molecular weight is 256 g/mol. The summed E-state index contributed by atoms with van der Waals surface area (Å²) in [6.45, 7) is 7.68. The highest BCUT2D eigenvalue weighted by Gasteiger charge is 2.21. The smallest absolute Gasteiger partial charge is 0.191 e. The summed E-state index contributed by atoms with van der Waals surface area (Å²) in [6.07, 6.45) is 5.34. The van der Waals surface area contributed by atoms with Crippen LogP contribution in [0, 0.1) is 0 Å². The number of aryl methyl sites for hydroxylation is 1. The average Bonchev–Trinajstić information content (AvgIpc) is 2.71. The van der Waals surface area contributed by atoms with E-state index in [0.717, 1.165) is 18.1 Å². The normalized spacial score (nSPS) is 14.8. The number of hydrogen-bond donors (Lipinski definition) is 1. The summed E-state index contributed by atoms with van der Waals surface area (Å²) < 4.78 is 1.99. The molecule has 4 nitrogen and oxygen atoms in total. The third-order valence-electron chi connectivity index (χ3n) is 2.84. The third-order valence-corrected chi connectivity index (χ3v) is 4.39. The van der Waals surface area contributed by atoms with Crippen molar-refractivity contribution in [3.63, 3.8) is 0 Å². The molecule has 1 N–H and O–H groups in total. The van der Waals surface area contributed by atoms with E-state index in [2.05, 4.69) is 36.3 Å². The van der Waals surface area contributed by atoms with Gasteiger partial charge in [0.05, 0.1) is 0 Å². The zero-order valence-corrected chi connectivity index (χ0v) is 12.1. The first-order valence-electron chi connectivity index (χ1n) is 6.46. The molecule has 0 aliphatic rings. The molecule has 1 heterocycles. The predicted molar refractivity (Wildman–Crippen MR) is 73.3 cm³/mol. The quantitative estimate of drug-likeness (QED) is 0.726. The first kappa shape index (κ1) is 14.5. The maximum absolute atomic E-state index is 4.15. The Kier molecular flexibility index (Phi) is 6.58. The van der Waals surface area contributed by atoms with Gasteiger partial charge in [-0.05, 0) is 19.4 Å². The zero-order valence-electron chi connectivity index (χ0n) is 11.3. The number of nitrogens with one attached hydrogen (secondary N) is 1. The topological polar surface area (TPSA) is 42.7 Å². The number of nitrogens with zero attached hydrogens (tertiary/aromatic N) is 3. The molecular formula is C12H24N4S. The first-order valence-corrected chi connectivity index (χ1v) is 7.34. The molecule has 0 bridgehead atoms. The Morgan fingerprint density at radius 1 is 1.41 bits per heavy atom. The monoisotopic (exact) mass is 256 g/mol. The van der Waals surface area contributed by atoms with Crippen molar-refractivity contribution in [3.8, 4) is 0 Å². The van der Waals surface area contributed by atoms with E-state index in [4.69, 9.17) is 0 Å². The van der Waals surface area contributed by atoms with Crippen molar-refractivity contribution in [1.29, 1.82) is 0 Å². The van der Waals surface area contributed by atoms with Crippen molar-refractivity contribution in [1.82, 2.24) is 20.1 Å². The largest absolute Gasteiger partial charge is 0.313 e. The van der Waals surface area contributed by atoms with E-state index in [9.17, 15) is 0 Å². The lowest BCUT2D eigenvalue weighted by molar-refractivity contribution is 0.464. The van der Waals surface area contributed by atoms with Gasteiger partial charge in [-0.3, -0.25) is 0 Å². The van der Waals surface area contributed by atoms with Crippen LogP contribution >= 0.6 is 11.8 Å². The molecule has 0 saturated heterocycles. The maximum atomic E-state index is 4.15. The molecule has 5 heteroatoms. The highest BCUT2D eigenvalue weighted by Crippen LogP contribution is 2.27. The number of rotatable bonds is 8. The molecular weight excluding hydrogens is 232 g/mol. The summed E-state index contributed by atoms with van der Waals surface area (Å²) in [6, 6.07) is 0.566. The van der Waals surface area contributed by atoms with Crippen molar-refractivity contribution in [3.05, 3.63) is 6.33 Å². The van der Waals surface area contributed by atoms with Gasteiger partial charge in [0, 0.05) is 18.3 Å². The molecule has 0 spiro atoms. The van der Waals surface area contributed by atoms with Gasteiger partial charge in [-0.1, -0.05) is 39.0 Å². The summed E-state index contributed by atoms with van der Waals surface area (Å²) in [5.41, 5.74) is 0. The van der Waals surface area contributed by atoms with Crippen molar-refractivity contribution in [2.75, 3.05) is 6.54 Å². The van der Waals surface area contributed by atoms with Crippen LogP contribution in [0.15, 0.2) is 11.5 Å². The Bertz CT molecular complexity index is 307. The molecule has 1 aromatic heterocycles. The Morgan fingerprint density at radius 2 is 2.18 bits per heavy atom. The van der Waals surface area contributed by atoms with Gasteiger partial charge in [0.2, 0.25) is 0 Å². The van der Waals surface area contributed by atoms with Gasteiger partial charge in [0.15, 0.2) is 5.16 Å². The van der Waals surface area contributed by atoms with Gasteiger partial charge in [0.1, 0.15) is 6.33 Å². The highest BCUT2D eigenvalue weighted by molar-refractivity contribution is 7.99. The minimum absolute atomic E-state index is 0.566. The standard InChI is InChI=1S/C12H24N4S/c1-5-8-10(13-7-3)11(6-2)17-12-15-14-9-16(12)4/h9-11,13H,5-8H2,1-4H3. The number of hydrogen-bond acceptors (Lipinski definition) is 4. The molecule has 0 fully saturated rings. The van der Waals surface area contributed by atoms with Crippen molar-refractivity contribution >= 4 is 11.8 Å². The van der Waals surface area contributed by atoms with E-state index < -0.39 is 0 Å². The molecule has 0 aliphatic heterocycles. The second-order valence-corrected chi connectivity index (χ2v) is 5.45. The molecule has 1 aromatic rings. The second kappa shape index (κ2) is 7.71. The molecule has 0 radical (unpaired) electrons. The van der Waals surface area contributed by atoms with E-state index in [0.29, 0.717) is 11.3 Å². The summed E-state index contributed by atoms with van der Waals surface area (Å²) in [4.78, 5) is 0. The van der Waals surface area contributed by atoms with E-state index >= 15 is 0 Å². The van der Waals surface area contributed by atoms with Crippen molar-refractivity contribution < 1.29 is 0 Å². The van der Waals surface area contributed by atoms with Crippen LogP contribution in [0.2, 0.25) is 0 Å². The maximum Gasteiger partial charge on any atom is 0.191 e. The van der Waals surface area contributed by atoms with Crippen LogP contribution in [0.5, 0.6) is 0 Å². The Hall–Kier alpha value is -0.550. The van der Waals surface area contributed by atoms with Crippen LogP contribution in [0.3, 0.4) is 0 Å². The summed E-state index contributed by atoms with van der Waals surface area (Å²) in [5.74, 6) is 0. The van der Waals surface area contributed by atoms with E-state index in [1.54, 1.807) is 6.33 Å². The molecule has 0 aromatic carbocycles. The fourth-order valence-electron chi connectivity index (χ4n) is 1.96. The molecule has 0 saturated carbocycles. The summed E-state index contributed by atoms with van der Waals surface area (Å²) in [5, 5.41) is 13.3. The van der Waals surface area contributed by atoms with Crippen molar-refractivity contribution in [2.24, 2.45) is 7.05 Å². The van der Waals surface area contributed by atoms with Crippen LogP contribution in [-0.4, -0.2) is 32.6 Å². The summed E-state index contributed by atoms with van der Waals surface area (Å²) >= 11 is 1.84. The summed E-state index contributed by atoms with van der Waals surface area (Å²) in [7, 11) is 2.00. The van der Waals surface area contributed by atoms with E-state index in [-0.39, 0.29) is 0 Å². The van der Waals surface area contributed by atoms with E-state index in [1.807, 2.05) is 23.4 Å². The molecule has 2 atom stereocenters. The van der Waals surface area contributed by atoms with E-state index in [1.165, 1.54) is 12.8 Å². The number of aromatic nitrogens is 3. The zero-order chi connectivity index (χ0) is 12.7. The lowest BCUT2D eigenvalue weighted by Gasteiger charge is -2.25. The van der Waals surface area contributed by atoms with Crippen molar-refractivity contribution in [2.45, 2.75) is 56.5 Å². The first-order chi connectivity index (χ1) is 8.22. The van der Waals surface area contributed by atoms with Gasteiger partial charge in [0.25, 0.3) is 0 Å². The number of thioether (sulfide) groups is 1. The minimum atomic E-state index is 0.566. The van der Waals surface area contributed by atoms with Gasteiger partial charge < -0.3 is 9.88 Å². The van der Waals surface area contributed by atoms with Gasteiger partial charge >= 0.3 is 0 Å². The molecule has 2 unspecified atom stereocenters. The highest BCUT2D eigenvalue weighted by atomic mass is 32.2. The van der Waals surface area contributed by atoms with Crippen LogP contribution in [0.25, 0.3) is 0 Å². The van der Waals surface area contributed by atoms with Gasteiger partial charge in [-0.15, -0.1) is 10.2 Å². The van der Waals surface area contributed by atoms with Crippen LogP contribution in [-0.2, 0) is 7.05 Å². The Balaban J connectivity index is 2.64. The SMILES string of the molecule is CCCC(NCC)C(CC)Sc1nncn1C. The second-order valence-electron chi connectivity index (χ2n) is 4.24. The predicted octanol–water partition coefficient (Wildman–Crippen LogP) is 2.46. The lowest BCUT2D eigenvalue weighted by atomic mass is 10.1. The Labute approximate surface area is 109 Å². The molecule has 17 heavy (non-hydrogen) atoms. The van der Waals surface area contributed by atoms with Gasteiger partial charge in [-0.25, -0.2) is 0 Å². The fourth-order valence-corrected chi connectivity index (χ4v) is 3.10. The molecule has 1 rings (SSSR count). The Morgan fingerprint density at radius 3 is 2.65 bits per heavy atom.